The van der Waals surface area contributed by atoms with E-state index in [9.17, 15) is 14.9 Å². The largest absolute Gasteiger partial charge is 0.331 e. The molecule has 0 unspecified atom stereocenters. The Hall–Kier alpha value is -2.40. The third kappa shape index (κ3) is 3.51. The number of benzene rings is 2. The maximum atomic E-state index is 12.8. The summed E-state index contributed by atoms with van der Waals surface area (Å²) >= 11 is 5.82. The maximum Gasteiger partial charge on any atom is 0.283 e. The third-order valence-electron chi connectivity index (χ3n) is 3.83. The molecule has 5 nitrogen and oxygen atoms in total. The summed E-state index contributed by atoms with van der Waals surface area (Å²) in [6.07, 6.45) is 1.86. The van der Waals surface area contributed by atoms with Gasteiger partial charge in [-0.1, -0.05) is 41.9 Å². The zero-order valence-electron chi connectivity index (χ0n) is 12.3. The van der Waals surface area contributed by atoms with Crippen molar-refractivity contribution in [3.05, 3.63) is 74.8 Å². The Morgan fingerprint density at radius 1 is 1.22 bits per heavy atom. The van der Waals surface area contributed by atoms with Crippen molar-refractivity contribution in [2.24, 2.45) is 0 Å². The fourth-order valence-corrected chi connectivity index (χ4v) is 2.69. The lowest BCUT2D eigenvalue weighted by molar-refractivity contribution is -0.385. The first-order chi connectivity index (χ1) is 11.1. The van der Waals surface area contributed by atoms with Crippen molar-refractivity contribution < 1.29 is 9.72 Å². The van der Waals surface area contributed by atoms with Crippen LogP contribution in [-0.4, -0.2) is 21.8 Å². The van der Waals surface area contributed by atoms with Gasteiger partial charge < -0.3 is 4.90 Å². The van der Waals surface area contributed by atoms with Gasteiger partial charge in [0.2, 0.25) is 0 Å². The van der Waals surface area contributed by atoms with Crippen molar-refractivity contribution in [3.8, 4) is 0 Å². The lowest BCUT2D eigenvalue weighted by Crippen LogP contribution is -2.33. The number of nitro groups is 1. The Morgan fingerprint density at radius 2 is 1.91 bits per heavy atom. The summed E-state index contributed by atoms with van der Waals surface area (Å²) < 4.78 is 0. The van der Waals surface area contributed by atoms with Gasteiger partial charge in [-0.3, -0.25) is 14.9 Å². The van der Waals surface area contributed by atoms with Crippen LogP contribution in [0.2, 0.25) is 5.02 Å². The Labute approximate surface area is 138 Å². The van der Waals surface area contributed by atoms with Crippen LogP contribution in [0.25, 0.3) is 0 Å². The van der Waals surface area contributed by atoms with Crippen molar-refractivity contribution in [2.75, 3.05) is 0 Å². The monoisotopic (exact) mass is 330 g/mol. The first-order valence-corrected chi connectivity index (χ1v) is 7.73. The summed E-state index contributed by atoms with van der Waals surface area (Å²) in [6.45, 7) is 0.449. The molecule has 0 saturated heterocycles. The van der Waals surface area contributed by atoms with E-state index in [1.54, 1.807) is 4.90 Å². The molecule has 1 fully saturated rings. The molecule has 0 radical (unpaired) electrons. The molecular weight excluding hydrogens is 316 g/mol. The minimum absolute atomic E-state index is 0.0854. The summed E-state index contributed by atoms with van der Waals surface area (Å²) in [7, 11) is 0. The molecule has 1 saturated carbocycles. The van der Waals surface area contributed by atoms with E-state index in [0.717, 1.165) is 18.4 Å². The highest BCUT2D eigenvalue weighted by Crippen LogP contribution is 2.32. The molecular formula is C17H15ClN2O3. The van der Waals surface area contributed by atoms with Crippen LogP contribution in [0, 0.1) is 10.1 Å². The minimum Gasteiger partial charge on any atom is -0.331 e. The van der Waals surface area contributed by atoms with Crippen LogP contribution in [0.15, 0.2) is 48.5 Å². The highest BCUT2D eigenvalue weighted by molar-refractivity contribution is 6.31. The van der Waals surface area contributed by atoms with Gasteiger partial charge in [0, 0.05) is 23.7 Å². The number of carbonyl (C=O) groups excluding carboxylic acids is 1. The molecule has 3 rings (SSSR count). The van der Waals surface area contributed by atoms with E-state index in [1.165, 1.54) is 18.2 Å². The van der Waals surface area contributed by atoms with Crippen LogP contribution in [0.3, 0.4) is 0 Å². The molecule has 6 heteroatoms. The summed E-state index contributed by atoms with van der Waals surface area (Å²) in [5.41, 5.74) is 0.841. The van der Waals surface area contributed by atoms with E-state index in [1.807, 2.05) is 30.3 Å². The van der Waals surface area contributed by atoms with Crippen molar-refractivity contribution >= 4 is 23.2 Å². The van der Waals surface area contributed by atoms with E-state index >= 15 is 0 Å². The summed E-state index contributed by atoms with van der Waals surface area (Å²) in [6, 6.07) is 13.9. The number of hydrogen-bond acceptors (Lipinski definition) is 3. The van der Waals surface area contributed by atoms with Gasteiger partial charge >= 0.3 is 0 Å². The van der Waals surface area contributed by atoms with E-state index in [0.29, 0.717) is 6.54 Å². The number of amides is 1. The molecule has 0 atom stereocenters. The van der Waals surface area contributed by atoms with Crippen LogP contribution in [0.4, 0.5) is 5.69 Å². The molecule has 23 heavy (non-hydrogen) atoms. The molecule has 1 aliphatic rings. The SMILES string of the molecule is O=C(c1ccc(Cl)cc1[N+](=O)[O-])N(Cc1ccccc1)C1CC1. The Morgan fingerprint density at radius 3 is 2.52 bits per heavy atom. The quantitative estimate of drug-likeness (QED) is 0.613. The van der Waals surface area contributed by atoms with Gasteiger partial charge in [-0.25, -0.2) is 0 Å². The van der Waals surface area contributed by atoms with E-state index in [-0.39, 0.29) is 28.2 Å². The fraction of sp³-hybridized carbons (Fsp3) is 0.235. The van der Waals surface area contributed by atoms with Gasteiger partial charge in [-0.2, -0.15) is 0 Å². The molecule has 118 valence electrons. The molecule has 2 aromatic rings. The highest BCUT2D eigenvalue weighted by Gasteiger charge is 2.35. The van der Waals surface area contributed by atoms with Crippen LogP contribution in [0.1, 0.15) is 28.8 Å². The molecule has 0 heterocycles. The highest BCUT2D eigenvalue weighted by atomic mass is 35.5. The van der Waals surface area contributed by atoms with Gasteiger partial charge in [-0.15, -0.1) is 0 Å². The number of rotatable bonds is 5. The maximum absolute atomic E-state index is 12.8. The predicted octanol–water partition coefficient (Wildman–Crippen LogP) is 4.05. The number of hydrogen-bond donors (Lipinski definition) is 0. The summed E-state index contributed by atoms with van der Waals surface area (Å²) in [5.74, 6) is -0.320. The lowest BCUT2D eigenvalue weighted by Gasteiger charge is -2.22. The molecule has 0 aromatic heterocycles. The Kier molecular flexibility index (Phi) is 4.30. The van der Waals surface area contributed by atoms with Crippen molar-refractivity contribution in [2.45, 2.75) is 25.4 Å². The second-order valence-electron chi connectivity index (χ2n) is 5.57. The minimum atomic E-state index is -0.563. The standard InChI is InChI=1S/C17H15ClN2O3/c18-13-6-9-15(16(10-13)20(22)23)17(21)19(14-7-8-14)11-12-4-2-1-3-5-12/h1-6,9-10,14H,7-8,11H2. The zero-order valence-corrected chi connectivity index (χ0v) is 13.1. The van der Waals surface area contributed by atoms with Crippen LogP contribution in [0.5, 0.6) is 0 Å². The average molecular weight is 331 g/mol. The van der Waals surface area contributed by atoms with Gasteiger partial charge in [0.25, 0.3) is 11.6 Å². The Bertz CT molecular complexity index is 745. The fourth-order valence-electron chi connectivity index (χ4n) is 2.52. The van der Waals surface area contributed by atoms with Crippen molar-refractivity contribution in [1.82, 2.24) is 4.90 Å². The van der Waals surface area contributed by atoms with Crippen LogP contribution in [-0.2, 0) is 6.54 Å². The average Bonchev–Trinajstić information content (AvgIpc) is 3.37. The molecule has 0 N–H and O–H groups in total. The molecule has 0 aliphatic heterocycles. The first-order valence-electron chi connectivity index (χ1n) is 7.35. The van der Waals surface area contributed by atoms with Gasteiger partial charge in [0.15, 0.2) is 0 Å². The van der Waals surface area contributed by atoms with Crippen LogP contribution < -0.4 is 0 Å². The second kappa shape index (κ2) is 6.38. The predicted molar refractivity (Wildman–Crippen MR) is 87.4 cm³/mol. The topological polar surface area (TPSA) is 63.4 Å². The first kappa shape index (κ1) is 15.5. The van der Waals surface area contributed by atoms with Gasteiger partial charge in [-0.05, 0) is 30.5 Å². The van der Waals surface area contributed by atoms with E-state index < -0.39 is 4.92 Å². The van der Waals surface area contributed by atoms with Crippen LogP contribution >= 0.6 is 11.6 Å². The molecule has 1 amide bonds. The zero-order chi connectivity index (χ0) is 16.4. The van der Waals surface area contributed by atoms with Gasteiger partial charge in [0.1, 0.15) is 5.56 Å². The normalized spacial score (nSPS) is 13.6. The molecule has 0 spiro atoms. The number of halogens is 1. The van der Waals surface area contributed by atoms with Gasteiger partial charge in [0.05, 0.1) is 4.92 Å². The number of nitro benzene ring substituents is 1. The third-order valence-corrected chi connectivity index (χ3v) is 4.07. The molecule has 2 aromatic carbocycles. The van der Waals surface area contributed by atoms with Crippen molar-refractivity contribution in [3.63, 3.8) is 0 Å². The van der Waals surface area contributed by atoms with E-state index in [4.69, 9.17) is 11.6 Å². The van der Waals surface area contributed by atoms with E-state index in [2.05, 4.69) is 0 Å². The summed E-state index contributed by atoms with van der Waals surface area (Å²) in [4.78, 5) is 25.2. The van der Waals surface area contributed by atoms with Crippen molar-refractivity contribution in [1.29, 1.82) is 0 Å². The smallest absolute Gasteiger partial charge is 0.283 e. The number of carbonyl (C=O) groups is 1. The Balaban J connectivity index is 1.92. The second-order valence-corrected chi connectivity index (χ2v) is 6.00. The lowest BCUT2D eigenvalue weighted by atomic mass is 10.1. The summed E-state index contributed by atoms with van der Waals surface area (Å²) in [5, 5.41) is 11.5. The molecule has 0 bridgehead atoms. The number of nitrogens with zero attached hydrogens (tertiary/aromatic N) is 2. The molecule has 1 aliphatic carbocycles.